The molecule has 6 nitrogen and oxygen atoms in total. The normalized spacial score (nSPS) is 9.56. The highest BCUT2D eigenvalue weighted by Crippen LogP contribution is 2.29. The minimum absolute atomic E-state index is 0. The molecule has 150 valence electrons. The van der Waals surface area contributed by atoms with E-state index in [1.54, 1.807) is 30.6 Å². The van der Waals surface area contributed by atoms with Crippen LogP contribution in [0.5, 0.6) is 11.5 Å². The molecule has 1 aromatic carbocycles. The molecule has 27 heavy (non-hydrogen) atoms. The van der Waals surface area contributed by atoms with Crippen LogP contribution in [0, 0.1) is 0 Å². The van der Waals surface area contributed by atoms with Gasteiger partial charge in [-0.15, -0.1) is 24.8 Å². The van der Waals surface area contributed by atoms with Crippen LogP contribution in [0.15, 0.2) is 42.7 Å². The molecule has 0 saturated carbocycles. The summed E-state index contributed by atoms with van der Waals surface area (Å²) < 4.78 is 11.4. The lowest BCUT2D eigenvalue weighted by Gasteiger charge is -2.13. The van der Waals surface area contributed by atoms with Gasteiger partial charge in [0.1, 0.15) is 6.61 Å². The number of pyridine rings is 1. The molecule has 0 saturated heterocycles. The molecular weight excluding hydrogens is 389 g/mol. The number of nitrogens with two attached hydrogens (primary N) is 1. The highest BCUT2D eigenvalue weighted by atomic mass is 35.5. The Kier molecular flexibility index (Phi) is 13.0. The number of hydrogen-bond acceptors (Lipinski definition) is 5. The third-order valence-corrected chi connectivity index (χ3v) is 3.54. The van der Waals surface area contributed by atoms with Gasteiger partial charge in [-0.1, -0.05) is 6.07 Å². The predicted octanol–water partition coefficient (Wildman–Crippen LogP) is 3.37. The number of hydrogen-bond donors (Lipinski definition) is 2. The summed E-state index contributed by atoms with van der Waals surface area (Å²) in [6.07, 6.45) is 5.23. The number of amides is 1. The van der Waals surface area contributed by atoms with Crippen LogP contribution >= 0.6 is 24.8 Å². The molecule has 0 atom stereocenters. The SMILES string of the molecule is CCOc1cc(C(=O)NCCCCN)ccc1OCc1cccnc1.Cl.Cl. The first-order chi connectivity index (χ1) is 12.2. The van der Waals surface area contributed by atoms with Crippen molar-refractivity contribution in [2.45, 2.75) is 26.4 Å². The number of carbonyl (C=O) groups is 1. The van der Waals surface area contributed by atoms with E-state index in [0.29, 0.717) is 43.4 Å². The van der Waals surface area contributed by atoms with Gasteiger partial charge in [0.15, 0.2) is 11.5 Å². The van der Waals surface area contributed by atoms with Crippen LogP contribution in [0.2, 0.25) is 0 Å². The van der Waals surface area contributed by atoms with Gasteiger partial charge in [-0.05, 0) is 50.6 Å². The zero-order valence-electron chi connectivity index (χ0n) is 15.3. The standard InChI is InChI=1S/C19H25N3O3.2ClH/c1-2-24-18-12-16(19(23)22-11-4-3-9-20)7-8-17(18)25-14-15-6-5-10-21-13-15;;/h5-8,10,12-13H,2-4,9,11,14,20H2,1H3,(H,22,23);2*1H. The summed E-state index contributed by atoms with van der Waals surface area (Å²) in [5.41, 5.74) is 6.96. The molecule has 1 aromatic heterocycles. The van der Waals surface area contributed by atoms with Gasteiger partial charge in [-0.25, -0.2) is 0 Å². The summed E-state index contributed by atoms with van der Waals surface area (Å²) in [5, 5.41) is 2.88. The average Bonchev–Trinajstić information content (AvgIpc) is 2.65. The Morgan fingerprint density at radius 2 is 1.96 bits per heavy atom. The van der Waals surface area contributed by atoms with Crippen molar-refractivity contribution in [1.29, 1.82) is 0 Å². The van der Waals surface area contributed by atoms with Crippen molar-refractivity contribution in [3.05, 3.63) is 53.9 Å². The van der Waals surface area contributed by atoms with E-state index in [1.165, 1.54) is 0 Å². The van der Waals surface area contributed by atoms with Gasteiger partial charge in [0.2, 0.25) is 0 Å². The molecule has 3 N–H and O–H groups in total. The lowest BCUT2D eigenvalue weighted by molar-refractivity contribution is 0.0952. The molecule has 2 aromatic rings. The lowest BCUT2D eigenvalue weighted by Crippen LogP contribution is -2.24. The molecule has 0 fully saturated rings. The van der Waals surface area contributed by atoms with Crippen LogP contribution in [0.4, 0.5) is 0 Å². The average molecular weight is 416 g/mol. The lowest BCUT2D eigenvalue weighted by atomic mass is 10.2. The quantitative estimate of drug-likeness (QED) is 0.580. The number of benzene rings is 1. The molecule has 0 bridgehead atoms. The Labute approximate surface area is 172 Å². The first-order valence-corrected chi connectivity index (χ1v) is 8.51. The van der Waals surface area contributed by atoms with E-state index < -0.39 is 0 Å². The van der Waals surface area contributed by atoms with Crippen molar-refractivity contribution in [3.8, 4) is 11.5 Å². The molecule has 2 rings (SSSR count). The summed E-state index contributed by atoms with van der Waals surface area (Å²) >= 11 is 0. The van der Waals surface area contributed by atoms with Gasteiger partial charge < -0.3 is 20.5 Å². The molecule has 0 radical (unpaired) electrons. The van der Waals surface area contributed by atoms with Crippen molar-refractivity contribution in [2.24, 2.45) is 5.73 Å². The molecule has 1 amide bonds. The number of nitrogens with one attached hydrogen (secondary N) is 1. The Hall–Kier alpha value is -2.02. The van der Waals surface area contributed by atoms with E-state index in [2.05, 4.69) is 10.3 Å². The maximum atomic E-state index is 12.2. The molecule has 0 unspecified atom stereocenters. The minimum atomic E-state index is -0.128. The summed E-state index contributed by atoms with van der Waals surface area (Å²) in [4.78, 5) is 16.3. The Balaban J connectivity index is 0.00000338. The predicted molar refractivity (Wildman–Crippen MR) is 111 cm³/mol. The monoisotopic (exact) mass is 415 g/mol. The highest BCUT2D eigenvalue weighted by molar-refractivity contribution is 5.94. The third-order valence-electron chi connectivity index (χ3n) is 3.54. The first kappa shape index (κ1) is 25.0. The fraction of sp³-hybridized carbons (Fsp3) is 0.368. The Bertz CT molecular complexity index is 673. The molecule has 8 heteroatoms. The Morgan fingerprint density at radius 1 is 1.15 bits per heavy atom. The van der Waals surface area contributed by atoms with Crippen LogP contribution in [-0.2, 0) is 6.61 Å². The van der Waals surface area contributed by atoms with Crippen molar-refractivity contribution in [3.63, 3.8) is 0 Å². The second-order valence-corrected chi connectivity index (χ2v) is 5.50. The molecule has 0 aliphatic carbocycles. The van der Waals surface area contributed by atoms with Crippen molar-refractivity contribution in [2.75, 3.05) is 19.7 Å². The summed E-state index contributed by atoms with van der Waals surface area (Å²) in [6, 6.07) is 9.01. The van der Waals surface area contributed by atoms with E-state index in [9.17, 15) is 4.79 Å². The summed E-state index contributed by atoms with van der Waals surface area (Å²) in [7, 11) is 0. The van der Waals surface area contributed by atoms with Crippen molar-refractivity contribution in [1.82, 2.24) is 10.3 Å². The highest BCUT2D eigenvalue weighted by Gasteiger charge is 2.11. The molecule has 0 aliphatic rings. The maximum Gasteiger partial charge on any atom is 0.251 e. The largest absolute Gasteiger partial charge is 0.490 e. The van der Waals surface area contributed by atoms with Crippen LogP contribution in [0.3, 0.4) is 0 Å². The van der Waals surface area contributed by atoms with Gasteiger partial charge in [0.05, 0.1) is 6.61 Å². The number of carbonyl (C=O) groups excluding carboxylic acids is 1. The van der Waals surface area contributed by atoms with Crippen LogP contribution < -0.4 is 20.5 Å². The second-order valence-electron chi connectivity index (χ2n) is 5.50. The topological polar surface area (TPSA) is 86.5 Å². The van der Waals surface area contributed by atoms with Crippen LogP contribution in [0.1, 0.15) is 35.7 Å². The van der Waals surface area contributed by atoms with Gasteiger partial charge in [0, 0.05) is 30.1 Å². The van der Waals surface area contributed by atoms with E-state index in [4.69, 9.17) is 15.2 Å². The maximum absolute atomic E-state index is 12.2. The zero-order valence-corrected chi connectivity index (χ0v) is 17.0. The number of aromatic nitrogens is 1. The molecule has 0 spiro atoms. The van der Waals surface area contributed by atoms with Gasteiger partial charge >= 0.3 is 0 Å². The number of ether oxygens (including phenoxy) is 2. The first-order valence-electron chi connectivity index (χ1n) is 8.51. The molecular formula is C19H27Cl2N3O3. The fourth-order valence-corrected chi connectivity index (χ4v) is 2.25. The van der Waals surface area contributed by atoms with E-state index in [-0.39, 0.29) is 30.7 Å². The van der Waals surface area contributed by atoms with Gasteiger partial charge in [-0.2, -0.15) is 0 Å². The number of halogens is 2. The van der Waals surface area contributed by atoms with E-state index in [1.807, 2.05) is 19.1 Å². The number of rotatable bonds is 10. The minimum Gasteiger partial charge on any atom is -0.490 e. The molecule has 0 aliphatic heterocycles. The summed E-state index contributed by atoms with van der Waals surface area (Å²) in [5.74, 6) is 1.03. The van der Waals surface area contributed by atoms with Crippen molar-refractivity contribution < 1.29 is 14.3 Å². The smallest absolute Gasteiger partial charge is 0.251 e. The summed E-state index contributed by atoms with van der Waals surface area (Å²) in [6.45, 7) is 4.01. The fourth-order valence-electron chi connectivity index (χ4n) is 2.25. The molecule has 1 heterocycles. The van der Waals surface area contributed by atoms with Crippen molar-refractivity contribution >= 4 is 30.7 Å². The Morgan fingerprint density at radius 3 is 2.63 bits per heavy atom. The number of unbranched alkanes of at least 4 members (excludes halogenated alkanes) is 1. The van der Waals surface area contributed by atoms with Gasteiger partial charge in [0.25, 0.3) is 5.91 Å². The van der Waals surface area contributed by atoms with Crippen LogP contribution in [-0.4, -0.2) is 30.6 Å². The van der Waals surface area contributed by atoms with Crippen LogP contribution in [0.25, 0.3) is 0 Å². The van der Waals surface area contributed by atoms with E-state index >= 15 is 0 Å². The van der Waals surface area contributed by atoms with Gasteiger partial charge in [-0.3, -0.25) is 9.78 Å². The number of nitrogens with zero attached hydrogens (tertiary/aromatic N) is 1. The zero-order chi connectivity index (χ0) is 17.9. The van der Waals surface area contributed by atoms with E-state index in [0.717, 1.165) is 18.4 Å². The third kappa shape index (κ3) is 8.47. The second kappa shape index (κ2) is 14.1.